The number of aromatic nitrogens is 1. The smallest absolute Gasteiger partial charge is 0.0794 e. The quantitative estimate of drug-likeness (QED) is 0.874. The molecule has 2 heterocycles. The van der Waals surface area contributed by atoms with Gasteiger partial charge < -0.3 is 5.32 Å². The minimum atomic E-state index is 0.428. The third kappa shape index (κ3) is 2.39. The van der Waals surface area contributed by atoms with Crippen molar-refractivity contribution in [3.05, 3.63) is 16.6 Å². The molecular weight excluding hydrogens is 230 g/mol. The number of rotatable bonds is 2. The molecular formula is C13H21N3S. The molecule has 1 aromatic rings. The van der Waals surface area contributed by atoms with E-state index in [0.717, 1.165) is 13.1 Å². The van der Waals surface area contributed by atoms with Gasteiger partial charge in [-0.1, -0.05) is 12.8 Å². The van der Waals surface area contributed by atoms with Crippen LogP contribution in [0.1, 0.15) is 37.5 Å². The Kier molecular flexibility index (Phi) is 3.19. The summed E-state index contributed by atoms with van der Waals surface area (Å²) in [6.45, 7) is 5.76. The van der Waals surface area contributed by atoms with Gasteiger partial charge in [-0.05, 0) is 19.8 Å². The van der Waals surface area contributed by atoms with Gasteiger partial charge in [-0.2, -0.15) is 0 Å². The van der Waals surface area contributed by atoms with Gasteiger partial charge in [0.15, 0.2) is 0 Å². The van der Waals surface area contributed by atoms with Crippen LogP contribution in [0.2, 0.25) is 0 Å². The van der Waals surface area contributed by atoms with Gasteiger partial charge >= 0.3 is 0 Å². The summed E-state index contributed by atoms with van der Waals surface area (Å²) in [4.78, 5) is 8.21. The average molecular weight is 251 g/mol. The van der Waals surface area contributed by atoms with Crippen molar-refractivity contribution in [3.63, 3.8) is 0 Å². The van der Waals surface area contributed by atoms with Crippen LogP contribution in [0, 0.1) is 0 Å². The molecule has 0 radical (unpaired) electrons. The summed E-state index contributed by atoms with van der Waals surface area (Å²) in [6, 6.07) is 0.642. The lowest BCUT2D eigenvalue weighted by molar-refractivity contribution is 0.0835. The van der Waals surface area contributed by atoms with Crippen molar-refractivity contribution >= 4 is 11.3 Å². The van der Waals surface area contributed by atoms with Crippen LogP contribution in [0.4, 0.5) is 0 Å². The van der Waals surface area contributed by atoms with Gasteiger partial charge in [-0.15, -0.1) is 11.3 Å². The van der Waals surface area contributed by atoms with Crippen LogP contribution in [-0.4, -0.2) is 34.6 Å². The Morgan fingerprint density at radius 2 is 2.35 bits per heavy atom. The van der Waals surface area contributed by atoms with Crippen molar-refractivity contribution in [2.24, 2.45) is 0 Å². The van der Waals surface area contributed by atoms with Gasteiger partial charge in [0.1, 0.15) is 0 Å². The maximum atomic E-state index is 4.18. The van der Waals surface area contributed by atoms with Crippen molar-refractivity contribution in [3.8, 4) is 0 Å². The molecule has 1 saturated carbocycles. The SMILES string of the molecule is CC1CNC2(CCCC2)CN1Cc1cncs1. The van der Waals surface area contributed by atoms with E-state index in [-0.39, 0.29) is 0 Å². The molecule has 2 fully saturated rings. The molecule has 3 nitrogen and oxygen atoms in total. The molecule has 1 unspecified atom stereocenters. The topological polar surface area (TPSA) is 28.2 Å². The zero-order valence-electron chi connectivity index (χ0n) is 10.5. The Bertz CT molecular complexity index is 357. The number of hydrogen-bond donors (Lipinski definition) is 1. The first-order valence-corrected chi connectivity index (χ1v) is 7.52. The molecule has 0 amide bonds. The van der Waals surface area contributed by atoms with Gasteiger partial charge in [0, 0.05) is 42.3 Å². The molecule has 4 heteroatoms. The number of nitrogens with zero attached hydrogens (tertiary/aromatic N) is 2. The lowest BCUT2D eigenvalue weighted by Crippen LogP contribution is -2.61. The summed E-state index contributed by atoms with van der Waals surface area (Å²) in [5.41, 5.74) is 2.37. The molecule has 3 rings (SSSR count). The van der Waals surface area contributed by atoms with E-state index in [1.807, 2.05) is 11.7 Å². The monoisotopic (exact) mass is 251 g/mol. The molecule has 2 aliphatic rings. The fourth-order valence-electron chi connectivity index (χ4n) is 3.21. The second-order valence-corrected chi connectivity index (χ2v) is 6.56. The molecule has 1 spiro atoms. The van der Waals surface area contributed by atoms with Crippen molar-refractivity contribution in [2.75, 3.05) is 13.1 Å². The van der Waals surface area contributed by atoms with Gasteiger partial charge in [0.05, 0.1) is 5.51 Å². The zero-order valence-corrected chi connectivity index (χ0v) is 11.3. The van der Waals surface area contributed by atoms with Gasteiger partial charge in [-0.3, -0.25) is 9.88 Å². The van der Waals surface area contributed by atoms with E-state index in [0.29, 0.717) is 11.6 Å². The first-order chi connectivity index (χ1) is 8.27. The van der Waals surface area contributed by atoms with Crippen molar-refractivity contribution in [2.45, 2.75) is 50.7 Å². The van der Waals surface area contributed by atoms with Crippen LogP contribution in [0.15, 0.2) is 11.7 Å². The van der Waals surface area contributed by atoms with Crippen molar-refractivity contribution in [1.29, 1.82) is 0 Å². The average Bonchev–Trinajstić information content (AvgIpc) is 2.96. The molecule has 1 N–H and O–H groups in total. The predicted molar refractivity (Wildman–Crippen MR) is 71.2 cm³/mol. The zero-order chi connectivity index (χ0) is 11.7. The van der Waals surface area contributed by atoms with E-state index in [1.165, 1.54) is 37.1 Å². The minimum absolute atomic E-state index is 0.428. The van der Waals surface area contributed by atoms with Crippen LogP contribution in [0.25, 0.3) is 0 Å². The number of hydrogen-bond acceptors (Lipinski definition) is 4. The summed E-state index contributed by atoms with van der Waals surface area (Å²) in [7, 11) is 0. The third-order valence-electron chi connectivity index (χ3n) is 4.30. The van der Waals surface area contributed by atoms with Gasteiger partial charge in [0.25, 0.3) is 0 Å². The van der Waals surface area contributed by atoms with Crippen LogP contribution < -0.4 is 5.32 Å². The van der Waals surface area contributed by atoms with E-state index in [4.69, 9.17) is 0 Å². The first-order valence-electron chi connectivity index (χ1n) is 6.64. The highest BCUT2D eigenvalue weighted by molar-refractivity contribution is 7.09. The third-order valence-corrected chi connectivity index (χ3v) is 5.07. The van der Waals surface area contributed by atoms with Crippen molar-refractivity contribution < 1.29 is 0 Å². The summed E-state index contributed by atoms with van der Waals surface area (Å²) in [6.07, 6.45) is 7.53. The second-order valence-electron chi connectivity index (χ2n) is 5.59. The molecule has 1 aliphatic carbocycles. The van der Waals surface area contributed by atoms with E-state index in [9.17, 15) is 0 Å². The van der Waals surface area contributed by atoms with Crippen LogP contribution in [0.5, 0.6) is 0 Å². The standard InChI is InChI=1S/C13H21N3S/c1-11-6-15-13(4-2-3-5-13)9-16(11)8-12-7-14-10-17-12/h7,10-11,15H,2-6,8-9H2,1H3. The highest BCUT2D eigenvalue weighted by atomic mass is 32.1. The van der Waals surface area contributed by atoms with Crippen LogP contribution in [-0.2, 0) is 6.54 Å². The molecule has 1 aliphatic heterocycles. The molecule has 0 bridgehead atoms. The largest absolute Gasteiger partial charge is 0.308 e. The maximum absolute atomic E-state index is 4.18. The Hall–Kier alpha value is -0.450. The normalized spacial score (nSPS) is 28.9. The lowest BCUT2D eigenvalue weighted by atomic mass is 9.92. The van der Waals surface area contributed by atoms with E-state index in [2.05, 4.69) is 22.1 Å². The van der Waals surface area contributed by atoms with E-state index in [1.54, 1.807) is 11.3 Å². The maximum Gasteiger partial charge on any atom is 0.0794 e. The summed E-state index contributed by atoms with van der Waals surface area (Å²) >= 11 is 1.78. The number of piperazine rings is 1. The first kappa shape index (κ1) is 11.6. The molecule has 1 aromatic heterocycles. The molecule has 1 atom stereocenters. The number of nitrogens with one attached hydrogen (secondary N) is 1. The molecule has 1 saturated heterocycles. The minimum Gasteiger partial charge on any atom is -0.308 e. The Morgan fingerprint density at radius 3 is 3.06 bits per heavy atom. The van der Waals surface area contributed by atoms with Gasteiger partial charge in [0.2, 0.25) is 0 Å². The van der Waals surface area contributed by atoms with E-state index < -0.39 is 0 Å². The van der Waals surface area contributed by atoms with Gasteiger partial charge in [-0.25, -0.2) is 0 Å². The highest BCUT2D eigenvalue weighted by Gasteiger charge is 2.39. The van der Waals surface area contributed by atoms with Crippen LogP contribution in [0.3, 0.4) is 0 Å². The number of thiazole rings is 1. The van der Waals surface area contributed by atoms with E-state index >= 15 is 0 Å². The Labute approximate surface area is 107 Å². The van der Waals surface area contributed by atoms with Crippen molar-refractivity contribution in [1.82, 2.24) is 15.2 Å². The summed E-state index contributed by atoms with van der Waals surface area (Å²) < 4.78 is 0. The van der Waals surface area contributed by atoms with Crippen LogP contribution >= 0.6 is 11.3 Å². The molecule has 94 valence electrons. The Balaban J connectivity index is 1.69. The predicted octanol–water partition coefficient (Wildman–Crippen LogP) is 2.25. The molecule has 17 heavy (non-hydrogen) atoms. The summed E-state index contributed by atoms with van der Waals surface area (Å²) in [5.74, 6) is 0. The fourth-order valence-corrected chi connectivity index (χ4v) is 3.83. The fraction of sp³-hybridized carbons (Fsp3) is 0.769. The highest BCUT2D eigenvalue weighted by Crippen LogP contribution is 2.33. The molecule has 0 aromatic carbocycles. The Morgan fingerprint density at radius 1 is 1.53 bits per heavy atom. The summed E-state index contributed by atoms with van der Waals surface area (Å²) in [5, 5.41) is 3.80. The lowest BCUT2D eigenvalue weighted by Gasteiger charge is -2.45. The second kappa shape index (κ2) is 4.67.